The molecule has 0 radical (unpaired) electrons. The summed E-state index contributed by atoms with van der Waals surface area (Å²) in [5.41, 5.74) is 1.23. The van der Waals surface area contributed by atoms with Gasteiger partial charge in [0.1, 0.15) is 0 Å². The molecule has 0 aromatic heterocycles. The van der Waals surface area contributed by atoms with Crippen molar-refractivity contribution in [3.63, 3.8) is 0 Å². The van der Waals surface area contributed by atoms with Gasteiger partial charge < -0.3 is 14.8 Å². The first-order chi connectivity index (χ1) is 8.72. The van der Waals surface area contributed by atoms with Crippen molar-refractivity contribution in [3.05, 3.63) is 23.8 Å². The molecule has 0 aliphatic heterocycles. The maximum atomic E-state index is 5.83. The first kappa shape index (κ1) is 14.8. The first-order valence-electron chi connectivity index (χ1n) is 6.68. The summed E-state index contributed by atoms with van der Waals surface area (Å²) in [6.45, 7) is 5.03. The number of nitrogens with one attached hydrogen (secondary N) is 1. The molecule has 0 spiro atoms. The molecule has 18 heavy (non-hydrogen) atoms. The molecule has 0 aliphatic rings. The topological polar surface area (TPSA) is 30.5 Å². The van der Waals surface area contributed by atoms with Crippen LogP contribution in [0.4, 0.5) is 0 Å². The van der Waals surface area contributed by atoms with Crippen LogP contribution in [0.5, 0.6) is 11.5 Å². The zero-order valence-electron chi connectivity index (χ0n) is 12.0. The monoisotopic (exact) mass is 251 g/mol. The molecular weight excluding hydrogens is 226 g/mol. The fourth-order valence-corrected chi connectivity index (χ4v) is 1.80. The van der Waals surface area contributed by atoms with Crippen molar-refractivity contribution in [1.29, 1.82) is 0 Å². The summed E-state index contributed by atoms with van der Waals surface area (Å²) in [6.07, 6.45) is 3.09. The minimum Gasteiger partial charge on any atom is -0.493 e. The third-order valence-electron chi connectivity index (χ3n) is 3.07. The molecule has 1 N–H and O–H groups in total. The fourth-order valence-electron chi connectivity index (χ4n) is 1.80. The second-order valence-electron chi connectivity index (χ2n) is 4.53. The normalized spacial score (nSPS) is 12.2. The number of hydrogen-bond donors (Lipinski definition) is 1. The smallest absolute Gasteiger partial charge is 0.164 e. The molecule has 0 bridgehead atoms. The van der Waals surface area contributed by atoms with E-state index in [1.54, 1.807) is 7.11 Å². The van der Waals surface area contributed by atoms with Crippen LogP contribution >= 0.6 is 0 Å². The number of ether oxygens (including phenoxy) is 2. The summed E-state index contributed by atoms with van der Waals surface area (Å²) in [4.78, 5) is 0. The Balaban J connectivity index is 2.80. The molecule has 1 unspecified atom stereocenters. The highest BCUT2D eigenvalue weighted by atomic mass is 16.5. The minimum absolute atomic E-state index is 0.509. The number of hydrogen-bond acceptors (Lipinski definition) is 3. The van der Waals surface area contributed by atoms with Gasteiger partial charge in [-0.25, -0.2) is 0 Å². The van der Waals surface area contributed by atoms with E-state index in [0.29, 0.717) is 6.04 Å². The molecule has 102 valence electrons. The van der Waals surface area contributed by atoms with E-state index in [2.05, 4.69) is 25.2 Å². The van der Waals surface area contributed by atoms with Gasteiger partial charge in [0.2, 0.25) is 0 Å². The molecule has 0 aliphatic carbocycles. The van der Waals surface area contributed by atoms with Crippen molar-refractivity contribution >= 4 is 0 Å². The maximum absolute atomic E-state index is 5.83. The average molecular weight is 251 g/mol. The largest absolute Gasteiger partial charge is 0.493 e. The Kier molecular flexibility index (Phi) is 6.58. The van der Waals surface area contributed by atoms with E-state index in [0.717, 1.165) is 37.4 Å². The molecular formula is C15H25NO2. The van der Waals surface area contributed by atoms with Gasteiger partial charge in [0.25, 0.3) is 0 Å². The fraction of sp³-hybridized carbons (Fsp3) is 0.600. The lowest BCUT2D eigenvalue weighted by Crippen LogP contribution is -2.21. The van der Waals surface area contributed by atoms with E-state index in [-0.39, 0.29) is 0 Å². The number of para-hydroxylation sites is 1. The number of benzene rings is 1. The van der Waals surface area contributed by atoms with Gasteiger partial charge in [-0.05, 0) is 44.9 Å². The van der Waals surface area contributed by atoms with E-state index in [1.807, 2.05) is 19.2 Å². The van der Waals surface area contributed by atoms with Crippen molar-refractivity contribution in [3.8, 4) is 11.5 Å². The number of aryl methyl sites for hydroxylation is 1. The van der Waals surface area contributed by atoms with Gasteiger partial charge in [0, 0.05) is 6.04 Å². The molecule has 3 nitrogen and oxygen atoms in total. The van der Waals surface area contributed by atoms with Gasteiger partial charge in [-0.2, -0.15) is 0 Å². The summed E-state index contributed by atoms with van der Waals surface area (Å²) in [5, 5.41) is 3.25. The Bertz CT molecular complexity index is 352. The van der Waals surface area contributed by atoms with Gasteiger partial charge in [0.05, 0.1) is 13.7 Å². The molecule has 3 heteroatoms. The van der Waals surface area contributed by atoms with Crippen molar-refractivity contribution in [2.24, 2.45) is 0 Å². The lowest BCUT2D eigenvalue weighted by atomic mass is 10.0. The van der Waals surface area contributed by atoms with Crippen LogP contribution in [0.2, 0.25) is 0 Å². The van der Waals surface area contributed by atoms with Crippen molar-refractivity contribution in [2.45, 2.75) is 39.2 Å². The first-order valence-corrected chi connectivity index (χ1v) is 6.68. The van der Waals surface area contributed by atoms with Crippen molar-refractivity contribution in [1.82, 2.24) is 5.32 Å². The zero-order chi connectivity index (χ0) is 13.4. The Morgan fingerprint density at radius 2 is 2.11 bits per heavy atom. The van der Waals surface area contributed by atoms with Gasteiger partial charge in [-0.3, -0.25) is 0 Å². The van der Waals surface area contributed by atoms with Gasteiger partial charge in [-0.15, -0.1) is 0 Å². The van der Waals surface area contributed by atoms with E-state index in [4.69, 9.17) is 9.47 Å². The molecule has 1 aromatic carbocycles. The summed E-state index contributed by atoms with van der Waals surface area (Å²) in [5.74, 6) is 1.74. The van der Waals surface area contributed by atoms with Crippen LogP contribution in [0.15, 0.2) is 18.2 Å². The highest BCUT2D eigenvalue weighted by Crippen LogP contribution is 2.32. The average Bonchev–Trinajstić information content (AvgIpc) is 2.42. The SMILES string of the molecule is CCCOc1c(CCC(C)NC)cccc1OC. The highest BCUT2D eigenvalue weighted by molar-refractivity contribution is 5.46. The predicted molar refractivity (Wildman–Crippen MR) is 75.6 cm³/mol. The molecule has 0 saturated carbocycles. The number of methoxy groups -OCH3 is 1. The van der Waals surface area contributed by atoms with Crippen LogP contribution in [0.1, 0.15) is 32.3 Å². The van der Waals surface area contributed by atoms with E-state index < -0.39 is 0 Å². The molecule has 1 atom stereocenters. The third kappa shape index (κ3) is 4.22. The highest BCUT2D eigenvalue weighted by Gasteiger charge is 2.11. The molecule has 0 fully saturated rings. The van der Waals surface area contributed by atoms with Crippen LogP contribution in [-0.2, 0) is 6.42 Å². The molecule has 1 rings (SSSR count). The van der Waals surface area contributed by atoms with Gasteiger partial charge in [-0.1, -0.05) is 19.1 Å². The molecule has 0 heterocycles. The van der Waals surface area contributed by atoms with Crippen molar-refractivity contribution in [2.75, 3.05) is 20.8 Å². The summed E-state index contributed by atoms with van der Waals surface area (Å²) in [7, 11) is 3.68. The maximum Gasteiger partial charge on any atom is 0.164 e. The summed E-state index contributed by atoms with van der Waals surface area (Å²) < 4.78 is 11.2. The Labute approximate surface area is 110 Å². The summed E-state index contributed by atoms with van der Waals surface area (Å²) >= 11 is 0. The quantitative estimate of drug-likeness (QED) is 0.770. The Hall–Kier alpha value is -1.22. The standard InChI is InChI=1S/C15H25NO2/c1-5-11-18-15-13(10-9-12(2)16-3)7-6-8-14(15)17-4/h6-8,12,16H,5,9-11H2,1-4H3. The van der Waals surface area contributed by atoms with E-state index in [1.165, 1.54) is 5.56 Å². The predicted octanol–water partition coefficient (Wildman–Crippen LogP) is 3.02. The van der Waals surface area contributed by atoms with Crippen LogP contribution in [-0.4, -0.2) is 26.8 Å². The Morgan fingerprint density at radius 1 is 1.33 bits per heavy atom. The zero-order valence-corrected chi connectivity index (χ0v) is 12.0. The molecule has 0 saturated heterocycles. The van der Waals surface area contributed by atoms with Crippen LogP contribution in [0.25, 0.3) is 0 Å². The van der Waals surface area contributed by atoms with Gasteiger partial charge >= 0.3 is 0 Å². The van der Waals surface area contributed by atoms with E-state index in [9.17, 15) is 0 Å². The molecule has 1 aromatic rings. The lowest BCUT2D eigenvalue weighted by molar-refractivity contribution is 0.290. The van der Waals surface area contributed by atoms with Crippen LogP contribution in [0.3, 0.4) is 0 Å². The van der Waals surface area contributed by atoms with Crippen LogP contribution in [0, 0.1) is 0 Å². The Morgan fingerprint density at radius 3 is 2.72 bits per heavy atom. The second kappa shape index (κ2) is 7.98. The third-order valence-corrected chi connectivity index (χ3v) is 3.07. The molecule has 0 amide bonds. The second-order valence-corrected chi connectivity index (χ2v) is 4.53. The van der Waals surface area contributed by atoms with Crippen molar-refractivity contribution < 1.29 is 9.47 Å². The number of rotatable bonds is 8. The van der Waals surface area contributed by atoms with Gasteiger partial charge in [0.15, 0.2) is 11.5 Å². The summed E-state index contributed by atoms with van der Waals surface area (Å²) in [6, 6.07) is 6.61. The van der Waals surface area contributed by atoms with Crippen LogP contribution < -0.4 is 14.8 Å². The van der Waals surface area contributed by atoms with E-state index >= 15 is 0 Å². The lowest BCUT2D eigenvalue weighted by Gasteiger charge is -2.16. The minimum atomic E-state index is 0.509.